The highest BCUT2D eigenvalue weighted by Gasteiger charge is 2.25. The third-order valence-corrected chi connectivity index (χ3v) is 4.31. The minimum atomic E-state index is -1.03. The lowest BCUT2D eigenvalue weighted by molar-refractivity contribution is -0.123. The zero-order chi connectivity index (χ0) is 20.0. The zero-order valence-corrected chi connectivity index (χ0v) is 16.2. The van der Waals surface area contributed by atoms with Gasteiger partial charge in [0.05, 0.1) is 17.3 Å². The highest BCUT2D eigenvalue weighted by Crippen LogP contribution is 2.22. The van der Waals surface area contributed by atoms with Crippen LogP contribution in [0.3, 0.4) is 0 Å². The number of esters is 1. The van der Waals surface area contributed by atoms with Crippen molar-refractivity contribution in [2.75, 3.05) is 5.32 Å². The average Bonchev–Trinajstić information content (AvgIpc) is 2.93. The van der Waals surface area contributed by atoms with Gasteiger partial charge in [-0.15, -0.1) is 0 Å². The molecule has 0 bridgehead atoms. The number of unbranched alkanes of at least 4 members (excludes halogenated alkanes) is 1. The van der Waals surface area contributed by atoms with Crippen molar-refractivity contribution >= 4 is 29.2 Å². The number of aromatic nitrogens is 2. The van der Waals surface area contributed by atoms with Crippen LogP contribution in [0.25, 0.3) is 0 Å². The number of hydrogen-bond donors (Lipinski definition) is 1. The number of nitrogens with zero attached hydrogens (tertiary/aromatic N) is 3. The molecule has 7 nitrogen and oxygen atoms in total. The van der Waals surface area contributed by atoms with Crippen LogP contribution in [0.2, 0.25) is 5.15 Å². The van der Waals surface area contributed by atoms with E-state index in [0.717, 1.165) is 12.8 Å². The number of ether oxygens (including phenoxy) is 1. The largest absolute Gasteiger partial charge is 0.449 e. The summed E-state index contributed by atoms with van der Waals surface area (Å²) in [6.45, 7) is 5.81. The van der Waals surface area contributed by atoms with Crippen molar-refractivity contribution in [1.29, 1.82) is 5.26 Å². The first kappa shape index (κ1) is 20.5. The van der Waals surface area contributed by atoms with E-state index in [9.17, 15) is 9.59 Å². The summed E-state index contributed by atoms with van der Waals surface area (Å²) in [5, 5.41) is 15.9. The number of amides is 1. The Balaban J connectivity index is 2.03. The number of anilines is 1. The predicted molar refractivity (Wildman–Crippen MR) is 102 cm³/mol. The number of carbonyl (C=O) groups excluding carboxylic acids is 2. The van der Waals surface area contributed by atoms with Gasteiger partial charge in [-0.1, -0.05) is 24.9 Å². The first-order valence-electron chi connectivity index (χ1n) is 8.62. The fourth-order valence-corrected chi connectivity index (χ4v) is 2.72. The van der Waals surface area contributed by atoms with Crippen molar-refractivity contribution < 1.29 is 14.3 Å². The molecule has 8 heteroatoms. The van der Waals surface area contributed by atoms with Crippen molar-refractivity contribution in [3.8, 4) is 6.07 Å². The number of aryl methyl sites for hydroxylation is 2. The van der Waals surface area contributed by atoms with E-state index in [1.165, 1.54) is 6.92 Å². The fourth-order valence-electron chi connectivity index (χ4n) is 2.39. The van der Waals surface area contributed by atoms with Gasteiger partial charge in [0.1, 0.15) is 10.7 Å². The van der Waals surface area contributed by atoms with Gasteiger partial charge < -0.3 is 10.1 Å². The standard InChI is InChI=1S/C19H21ClN4O3/c1-4-5-10-24-17(20)16(12(2)23-24)19(26)27-13(3)18(25)22-15-8-6-14(11-21)7-9-15/h6-9,13H,4-5,10H2,1-3H3,(H,22,25)/t13-/m1/s1. The van der Waals surface area contributed by atoms with E-state index in [4.69, 9.17) is 21.6 Å². The lowest BCUT2D eigenvalue weighted by atomic mass is 10.2. The minimum Gasteiger partial charge on any atom is -0.449 e. The van der Waals surface area contributed by atoms with Crippen LogP contribution < -0.4 is 5.32 Å². The molecule has 0 aliphatic rings. The van der Waals surface area contributed by atoms with Crippen LogP contribution in [0.4, 0.5) is 5.69 Å². The molecule has 1 aromatic heterocycles. The molecule has 2 aromatic rings. The Morgan fingerprint density at radius 3 is 2.63 bits per heavy atom. The van der Waals surface area contributed by atoms with Gasteiger partial charge in [0.25, 0.3) is 5.91 Å². The maximum Gasteiger partial charge on any atom is 0.343 e. The predicted octanol–water partition coefficient (Wildman–Crippen LogP) is 3.70. The molecule has 0 aliphatic heterocycles. The summed E-state index contributed by atoms with van der Waals surface area (Å²) in [5.74, 6) is -1.18. The number of halogens is 1. The molecule has 2 rings (SSSR count). The van der Waals surface area contributed by atoms with Gasteiger partial charge in [-0.3, -0.25) is 9.48 Å². The Morgan fingerprint density at radius 2 is 2.04 bits per heavy atom. The highest BCUT2D eigenvalue weighted by atomic mass is 35.5. The Bertz CT molecular complexity index is 868. The van der Waals surface area contributed by atoms with Crippen LogP contribution in [0.15, 0.2) is 24.3 Å². The molecule has 0 radical (unpaired) electrons. The zero-order valence-electron chi connectivity index (χ0n) is 15.5. The number of carbonyl (C=O) groups is 2. The second-order valence-corrected chi connectivity index (χ2v) is 6.41. The maximum atomic E-state index is 12.4. The first-order valence-corrected chi connectivity index (χ1v) is 9.00. The Morgan fingerprint density at radius 1 is 1.37 bits per heavy atom. The molecule has 27 heavy (non-hydrogen) atoms. The Kier molecular flexibility index (Phi) is 6.97. The quantitative estimate of drug-likeness (QED) is 0.729. The van der Waals surface area contributed by atoms with Crippen LogP contribution in [0.1, 0.15) is 48.3 Å². The molecule has 0 saturated carbocycles. The van der Waals surface area contributed by atoms with Crippen molar-refractivity contribution in [1.82, 2.24) is 9.78 Å². The molecule has 0 fully saturated rings. The number of rotatable bonds is 7. The summed E-state index contributed by atoms with van der Waals surface area (Å²) in [6, 6.07) is 8.37. The smallest absolute Gasteiger partial charge is 0.343 e. The first-order chi connectivity index (χ1) is 12.9. The van der Waals surface area contributed by atoms with Crippen molar-refractivity contribution in [3.05, 3.63) is 46.2 Å². The van der Waals surface area contributed by atoms with Gasteiger partial charge in [0.15, 0.2) is 6.10 Å². The van der Waals surface area contributed by atoms with Crippen LogP contribution >= 0.6 is 11.6 Å². The molecular formula is C19H21ClN4O3. The molecule has 1 amide bonds. The van der Waals surface area contributed by atoms with E-state index in [1.807, 2.05) is 13.0 Å². The molecule has 1 N–H and O–H groups in total. The summed E-state index contributed by atoms with van der Waals surface area (Å²) >= 11 is 6.25. The van der Waals surface area contributed by atoms with Crippen LogP contribution in [0.5, 0.6) is 0 Å². The third kappa shape index (κ3) is 5.08. The van der Waals surface area contributed by atoms with Crippen LogP contribution in [-0.2, 0) is 16.1 Å². The van der Waals surface area contributed by atoms with E-state index in [-0.39, 0.29) is 10.7 Å². The van der Waals surface area contributed by atoms with Gasteiger partial charge in [-0.25, -0.2) is 4.79 Å². The molecule has 0 spiro atoms. The van der Waals surface area contributed by atoms with Crippen LogP contribution in [-0.4, -0.2) is 27.8 Å². The summed E-state index contributed by atoms with van der Waals surface area (Å²) in [6.07, 6.45) is 0.836. The van der Waals surface area contributed by atoms with Gasteiger partial charge >= 0.3 is 5.97 Å². The summed E-state index contributed by atoms with van der Waals surface area (Å²) < 4.78 is 6.82. The van der Waals surface area contributed by atoms with E-state index < -0.39 is 18.0 Å². The minimum absolute atomic E-state index is 0.172. The molecule has 142 valence electrons. The molecule has 1 heterocycles. The van der Waals surface area contributed by atoms with Crippen molar-refractivity contribution in [2.24, 2.45) is 0 Å². The summed E-state index contributed by atoms with van der Waals surface area (Å²) in [5.41, 5.74) is 1.62. The van der Waals surface area contributed by atoms with E-state index in [2.05, 4.69) is 10.4 Å². The van der Waals surface area contributed by atoms with Gasteiger partial charge in [0.2, 0.25) is 0 Å². The van der Waals surface area contributed by atoms with E-state index in [1.54, 1.807) is 35.9 Å². The van der Waals surface area contributed by atoms with Crippen molar-refractivity contribution in [2.45, 2.75) is 46.3 Å². The Labute approximate surface area is 162 Å². The maximum absolute atomic E-state index is 12.4. The Hall–Kier alpha value is -2.85. The molecule has 1 atom stereocenters. The molecule has 1 aromatic carbocycles. The number of benzene rings is 1. The SMILES string of the molecule is CCCCn1nc(C)c(C(=O)O[C@H](C)C(=O)Nc2ccc(C#N)cc2)c1Cl. The monoisotopic (exact) mass is 388 g/mol. The average molecular weight is 389 g/mol. The number of hydrogen-bond acceptors (Lipinski definition) is 5. The molecule has 0 aliphatic carbocycles. The van der Waals surface area contributed by atoms with Gasteiger partial charge in [0, 0.05) is 12.2 Å². The molecule has 0 saturated heterocycles. The highest BCUT2D eigenvalue weighted by molar-refractivity contribution is 6.32. The molecule has 0 unspecified atom stereocenters. The topological polar surface area (TPSA) is 97.0 Å². The van der Waals surface area contributed by atoms with Crippen molar-refractivity contribution in [3.63, 3.8) is 0 Å². The second kappa shape index (κ2) is 9.19. The lowest BCUT2D eigenvalue weighted by Gasteiger charge is -2.13. The third-order valence-electron chi connectivity index (χ3n) is 3.93. The second-order valence-electron chi connectivity index (χ2n) is 6.05. The summed E-state index contributed by atoms with van der Waals surface area (Å²) in [7, 11) is 0. The summed E-state index contributed by atoms with van der Waals surface area (Å²) in [4.78, 5) is 24.7. The lowest BCUT2D eigenvalue weighted by Crippen LogP contribution is -2.30. The van der Waals surface area contributed by atoms with Gasteiger partial charge in [-0.05, 0) is 44.5 Å². The fraction of sp³-hybridized carbons (Fsp3) is 0.368. The molecular weight excluding hydrogens is 368 g/mol. The van der Waals surface area contributed by atoms with E-state index >= 15 is 0 Å². The van der Waals surface area contributed by atoms with E-state index in [0.29, 0.717) is 23.5 Å². The van der Waals surface area contributed by atoms with Gasteiger partial charge in [-0.2, -0.15) is 10.4 Å². The normalized spacial score (nSPS) is 11.5. The number of nitrogens with one attached hydrogen (secondary N) is 1. The van der Waals surface area contributed by atoms with Crippen LogP contribution in [0, 0.1) is 18.3 Å². The number of nitriles is 1.